The molecule has 0 bridgehead atoms. The van der Waals surface area contributed by atoms with E-state index >= 15 is 0 Å². The monoisotopic (exact) mass is 227 g/mol. The summed E-state index contributed by atoms with van der Waals surface area (Å²) in [6.45, 7) is 2.09. The van der Waals surface area contributed by atoms with E-state index < -0.39 is 0 Å². The lowest BCUT2D eigenvalue weighted by Gasteiger charge is -2.08. The first-order valence-electron chi connectivity index (χ1n) is 5.67. The van der Waals surface area contributed by atoms with Crippen LogP contribution in [0.5, 0.6) is 5.75 Å². The molecular weight excluding hydrogens is 210 g/mol. The van der Waals surface area contributed by atoms with E-state index in [4.69, 9.17) is 10.5 Å². The highest BCUT2D eigenvalue weighted by Crippen LogP contribution is 2.22. The molecule has 0 fully saturated rings. The number of hydrogen-bond donors (Lipinski definition) is 1. The van der Waals surface area contributed by atoms with E-state index in [1.807, 2.05) is 18.2 Å². The van der Waals surface area contributed by atoms with Crippen LogP contribution in [-0.2, 0) is 6.42 Å². The number of hydrogen-bond acceptors (Lipinski definition) is 2. The fourth-order valence-corrected chi connectivity index (χ4v) is 1.79. The quantitative estimate of drug-likeness (QED) is 0.817. The van der Waals surface area contributed by atoms with Crippen molar-refractivity contribution in [3.8, 4) is 5.75 Å². The number of aryl methyl sites for hydroxylation is 1. The van der Waals surface area contributed by atoms with Gasteiger partial charge in [-0.15, -0.1) is 0 Å². The summed E-state index contributed by atoms with van der Waals surface area (Å²) in [6, 6.07) is 14.3. The van der Waals surface area contributed by atoms with Crippen molar-refractivity contribution in [3.63, 3.8) is 0 Å². The molecule has 0 aliphatic carbocycles. The van der Waals surface area contributed by atoms with Crippen LogP contribution >= 0.6 is 0 Å². The van der Waals surface area contributed by atoms with E-state index in [0.717, 1.165) is 23.4 Å². The normalized spacial score (nSPS) is 10.2. The van der Waals surface area contributed by atoms with Gasteiger partial charge in [0.2, 0.25) is 0 Å². The largest absolute Gasteiger partial charge is 0.497 e. The van der Waals surface area contributed by atoms with Gasteiger partial charge in [0.15, 0.2) is 0 Å². The summed E-state index contributed by atoms with van der Waals surface area (Å²) in [6.07, 6.45) is 0.857. The SMILES string of the molecule is COc1ccc(Cc2ccc(C)cc2)c(N)c1. The Balaban J connectivity index is 2.21. The van der Waals surface area contributed by atoms with E-state index in [2.05, 4.69) is 31.2 Å². The zero-order valence-electron chi connectivity index (χ0n) is 10.2. The Labute approximate surface area is 102 Å². The fraction of sp³-hybridized carbons (Fsp3) is 0.200. The fourth-order valence-electron chi connectivity index (χ4n) is 1.79. The van der Waals surface area contributed by atoms with Gasteiger partial charge in [-0.25, -0.2) is 0 Å². The van der Waals surface area contributed by atoms with Crippen molar-refractivity contribution in [3.05, 3.63) is 59.2 Å². The Bertz CT molecular complexity index is 503. The number of anilines is 1. The molecule has 0 amide bonds. The van der Waals surface area contributed by atoms with Gasteiger partial charge in [0.05, 0.1) is 7.11 Å². The molecule has 2 N–H and O–H groups in total. The number of nitrogens with two attached hydrogens (primary N) is 1. The molecule has 2 rings (SSSR count). The van der Waals surface area contributed by atoms with Crippen LogP contribution < -0.4 is 10.5 Å². The minimum atomic E-state index is 0.782. The standard InChI is InChI=1S/C15H17NO/c1-11-3-5-12(6-4-11)9-13-7-8-14(17-2)10-15(13)16/h3-8,10H,9,16H2,1-2H3. The van der Waals surface area contributed by atoms with E-state index in [0.29, 0.717) is 0 Å². The van der Waals surface area contributed by atoms with Gasteiger partial charge in [-0.3, -0.25) is 0 Å². The molecule has 0 saturated carbocycles. The molecule has 17 heavy (non-hydrogen) atoms. The predicted molar refractivity (Wildman–Crippen MR) is 71.4 cm³/mol. The Morgan fingerprint density at radius 3 is 2.35 bits per heavy atom. The smallest absolute Gasteiger partial charge is 0.120 e. The molecule has 0 atom stereocenters. The van der Waals surface area contributed by atoms with Crippen LogP contribution in [0, 0.1) is 6.92 Å². The summed E-state index contributed by atoms with van der Waals surface area (Å²) < 4.78 is 5.14. The molecule has 2 heteroatoms. The van der Waals surface area contributed by atoms with Gasteiger partial charge in [-0.2, -0.15) is 0 Å². The summed E-state index contributed by atoms with van der Waals surface area (Å²) in [7, 11) is 1.65. The van der Waals surface area contributed by atoms with Crippen LogP contribution in [-0.4, -0.2) is 7.11 Å². The minimum absolute atomic E-state index is 0.782. The van der Waals surface area contributed by atoms with Crippen LogP contribution in [0.25, 0.3) is 0 Å². The molecule has 0 aliphatic heterocycles. The van der Waals surface area contributed by atoms with Crippen LogP contribution in [0.3, 0.4) is 0 Å². The molecule has 2 nitrogen and oxygen atoms in total. The van der Waals surface area contributed by atoms with Crippen molar-refractivity contribution in [2.24, 2.45) is 0 Å². The van der Waals surface area contributed by atoms with Crippen molar-refractivity contribution in [1.29, 1.82) is 0 Å². The van der Waals surface area contributed by atoms with Gasteiger partial charge in [-0.1, -0.05) is 35.9 Å². The molecule has 0 aromatic heterocycles. The maximum atomic E-state index is 5.99. The Kier molecular flexibility index (Phi) is 3.33. The van der Waals surface area contributed by atoms with E-state index in [1.165, 1.54) is 11.1 Å². The first-order chi connectivity index (χ1) is 8.19. The van der Waals surface area contributed by atoms with Gasteiger partial charge in [0.25, 0.3) is 0 Å². The van der Waals surface area contributed by atoms with Crippen LogP contribution in [0.2, 0.25) is 0 Å². The summed E-state index contributed by atoms with van der Waals surface area (Å²) in [4.78, 5) is 0. The third-order valence-electron chi connectivity index (χ3n) is 2.87. The number of rotatable bonds is 3. The van der Waals surface area contributed by atoms with Crippen LogP contribution in [0.4, 0.5) is 5.69 Å². The first kappa shape index (κ1) is 11.5. The second kappa shape index (κ2) is 4.91. The zero-order valence-corrected chi connectivity index (χ0v) is 10.2. The third kappa shape index (κ3) is 2.78. The number of nitrogen functional groups attached to an aromatic ring is 1. The molecule has 0 aliphatic rings. The maximum absolute atomic E-state index is 5.99. The summed E-state index contributed by atoms with van der Waals surface area (Å²) in [5.74, 6) is 0.801. The minimum Gasteiger partial charge on any atom is -0.497 e. The number of ether oxygens (including phenoxy) is 1. The molecule has 0 heterocycles. The van der Waals surface area contributed by atoms with Crippen molar-refractivity contribution >= 4 is 5.69 Å². The van der Waals surface area contributed by atoms with Crippen molar-refractivity contribution in [1.82, 2.24) is 0 Å². The molecule has 88 valence electrons. The van der Waals surface area contributed by atoms with Crippen molar-refractivity contribution in [2.75, 3.05) is 12.8 Å². The molecule has 0 saturated heterocycles. The molecule has 2 aromatic carbocycles. The maximum Gasteiger partial charge on any atom is 0.120 e. The average molecular weight is 227 g/mol. The highest BCUT2D eigenvalue weighted by molar-refractivity contribution is 5.53. The molecule has 0 unspecified atom stereocenters. The molecule has 0 spiro atoms. The Morgan fingerprint density at radius 1 is 1.06 bits per heavy atom. The molecule has 0 radical (unpaired) electrons. The van der Waals surface area contributed by atoms with Gasteiger partial charge in [-0.05, 0) is 30.5 Å². The van der Waals surface area contributed by atoms with Gasteiger partial charge in [0, 0.05) is 11.8 Å². The van der Waals surface area contributed by atoms with Crippen molar-refractivity contribution in [2.45, 2.75) is 13.3 Å². The molecule has 2 aromatic rings. The van der Waals surface area contributed by atoms with E-state index in [-0.39, 0.29) is 0 Å². The van der Waals surface area contributed by atoms with Crippen LogP contribution in [0.15, 0.2) is 42.5 Å². The lowest BCUT2D eigenvalue weighted by atomic mass is 10.0. The predicted octanol–water partition coefficient (Wildman–Crippen LogP) is 3.18. The van der Waals surface area contributed by atoms with Crippen LogP contribution in [0.1, 0.15) is 16.7 Å². The number of benzene rings is 2. The summed E-state index contributed by atoms with van der Waals surface area (Å²) >= 11 is 0. The third-order valence-corrected chi connectivity index (χ3v) is 2.87. The highest BCUT2D eigenvalue weighted by Gasteiger charge is 2.02. The second-order valence-corrected chi connectivity index (χ2v) is 4.23. The lowest BCUT2D eigenvalue weighted by molar-refractivity contribution is 0.415. The Morgan fingerprint density at radius 2 is 1.76 bits per heavy atom. The number of methoxy groups -OCH3 is 1. The van der Waals surface area contributed by atoms with Gasteiger partial charge in [0.1, 0.15) is 5.75 Å². The van der Waals surface area contributed by atoms with E-state index in [1.54, 1.807) is 7.11 Å². The first-order valence-corrected chi connectivity index (χ1v) is 5.67. The zero-order chi connectivity index (χ0) is 12.3. The summed E-state index contributed by atoms with van der Waals surface area (Å²) in [5, 5.41) is 0. The van der Waals surface area contributed by atoms with Crippen molar-refractivity contribution < 1.29 is 4.74 Å². The topological polar surface area (TPSA) is 35.2 Å². The Hall–Kier alpha value is -1.96. The summed E-state index contributed by atoms with van der Waals surface area (Å²) in [5.41, 5.74) is 10.5. The van der Waals surface area contributed by atoms with Gasteiger partial charge >= 0.3 is 0 Å². The highest BCUT2D eigenvalue weighted by atomic mass is 16.5. The second-order valence-electron chi connectivity index (χ2n) is 4.23. The van der Waals surface area contributed by atoms with Gasteiger partial charge < -0.3 is 10.5 Å². The van der Waals surface area contributed by atoms with E-state index in [9.17, 15) is 0 Å². The lowest BCUT2D eigenvalue weighted by Crippen LogP contribution is -1.96. The average Bonchev–Trinajstić information content (AvgIpc) is 2.34. The molecular formula is C15H17NO.